The van der Waals surface area contributed by atoms with Gasteiger partial charge in [0.05, 0.1) is 0 Å². The van der Waals surface area contributed by atoms with E-state index in [1.54, 1.807) is 0 Å². The van der Waals surface area contributed by atoms with Crippen molar-refractivity contribution in [3.63, 3.8) is 0 Å². The van der Waals surface area contributed by atoms with Crippen LogP contribution in [-0.2, 0) is 0 Å². The fourth-order valence-corrected chi connectivity index (χ4v) is 17.4. The first-order valence-corrected chi connectivity index (χ1v) is 12.6. The largest absolute Gasteiger partial charge is 0.424 e. The topological polar surface area (TPSA) is 3.24 Å². The molecule has 4 heteroatoms. The molecule has 1 aliphatic rings. The molecule has 2 rings (SSSR count). The third kappa shape index (κ3) is 2.08. The van der Waals surface area contributed by atoms with E-state index in [2.05, 4.69) is 48.6 Å². The SMILES string of the molecule is C[Si]1(C)CC[Si](C)(C)N1c1cccc(Cl)c1. The van der Waals surface area contributed by atoms with Crippen molar-refractivity contribution < 1.29 is 0 Å². The van der Waals surface area contributed by atoms with Crippen molar-refractivity contribution in [3.05, 3.63) is 29.3 Å². The Hall–Kier alpha value is -0.256. The molecule has 0 radical (unpaired) electrons. The number of anilines is 1. The normalized spacial score (nSPS) is 22.4. The molecular weight excluding hydrogens is 250 g/mol. The van der Waals surface area contributed by atoms with Gasteiger partial charge in [0.25, 0.3) is 0 Å². The van der Waals surface area contributed by atoms with Crippen LogP contribution >= 0.6 is 11.6 Å². The zero-order valence-electron chi connectivity index (χ0n) is 10.5. The van der Waals surface area contributed by atoms with Gasteiger partial charge < -0.3 is 4.23 Å². The number of hydrogen-bond donors (Lipinski definition) is 0. The summed E-state index contributed by atoms with van der Waals surface area (Å²) in [4.78, 5) is 0. The molecule has 16 heavy (non-hydrogen) atoms. The molecule has 1 nitrogen and oxygen atoms in total. The Morgan fingerprint density at radius 1 is 1.06 bits per heavy atom. The first-order valence-electron chi connectivity index (χ1n) is 5.89. The zero-order valence-corrected chi connectivity index (χ0v) is 13.3. The van der Waals surface area contributed by atoms with Crippen LogP contribution in [0.3, 0.4) is 0 Å². The monoisotopic (exact) mass is 269 g/mol. The van der Waals surface area contributed by atoms with Crippen LogP contribution in [0.4, 0.5) is 5.69 Å². The van der Waals surface area contributed by atoms with Crippen LogP contribution in [0.1, 0.15) is 0 Å². The highest BCUT2D eigenvalue weighted by Crippen LogP contribution is 2.41. The van der Waals surface area contributed by atoms with Gasteiger partial charge in [-0.3, -0.25) is 0 Å². The average molecular weight is 270 g/mol. The Labute approximate surface area is 106 Å². The molecule has 0 amide bonds. The van der Waals surface area contributed by atoms with E-state index < -0.39 is 16.5 Å². The van der Waals surface area contributed by atoms with Crippen molar-refractivity contribution in [1.82, 2.24) is 0 Å². The summed E-state index contributed by atoms with van der Waals surface area (Å²) in [6.45, 7) is 9.93. The summed E-state index contributed by atoms with van der Waals surface area (Å²) in [6.07, 6.45) is 0. The highest BCUT2D eigenvalue weighted by atomic mass is 35.5. The van der Waals surface area contributed by atoms with E-state index in [0.29, 0.717) is 0 Å². The number of halogens is 1. The second-order valence-electron chi connectivity index (χ2n) is 5.94. The second kappa shape index (κ2) is 3.89. The molecule has 0 aromatic heterocycles. The second-order valence-corrected chi connectivity index (χ2v) is 16.0. The minimum atomic E-state index is -1.23. The van der Waals surface area contributed by atoms with E-state index >= 15 is 0 Å². The van der Waals surface area contributed by atoms with Crippen LogP contribution in [-0.4, -0.2) is 16.5 Å². The molecule has 1 aromatic carbocycles. The van der Waals surface area contributed by atoms with E-state index in [9.17, 15) is 0 Å². The van der Waals surface area contributed by atoms with Crippen molar-refractivity contribution in [3.8, 4) is 0 Å². The third-order valence-corrected chi connectivity index (χ3v) is 13.9. The third-order valence-electron chi connectivity index (χ3n) is 3.63. The molecule has 88 valence electrons. The van der Waals surface area contributed by atoms with Crippen molar-refractivity contribution in [2.45, 2.75) is 38.3 Å². The van der Waals surface area contributed by atoms with Gasteiger partial charge in [-0.25, -0.2) is 0 Å². The smallest absolute Gasteiger partial charge is 0.141 e. The Morgan fingerprint density at radius 2 is 1.62 bits per heavy atom. The highest BCUT2D eigenvalue weighted by Gasteiger charge is 2.47. The van der Waals surface area contributed by atoms with E-state index in [1.807, 2.05) is 6.07 Å². The number of hydrogen-bond acceptors (Lipinski definition) is 1. The van der Waals surface area contributed by atoms with Gasteiger partial charge in [-0.1, -0.05) is 43.9 Å². The van der Waals surface area contributed by atoms with Crippen molar-refractivity contribution in [2.24, 2.45) is 0 Å². The van der Waals surface area contributed by atoms with Crippen molar-refractivity contribution in [1.29, 1.82) is 0 Å². The lowest BCUT2D eigenvalue weighted by molar-refractivity contribution is 1.35. The lowest BCUT2D eigenvalue weighted by Gasteiger charge is -2.41. The Bertz CT molecular complexity index is 388. The van der Waals surface area contributed by atoms with Crippen molar-refractivity contribution in [2.75, 3.05) is 4.23 Å². The maximum Gasteiger partial charge on any atom is 0.141 e. The summed E-state index contributed by atoms with van der Waals surface area (Å²) >= 11 is 6.11. The van der Waals surface area contributed by atoms with Gasteiger partial charge >= 0.3 is 0 Å². The summed E-state index contributed by atoms with van der Waals surface area (Å²) < 4.78 is 2.78. The molecule has 1 aliphatic heterocycles. The predicted molar refractivity (Wildman–Crippen MR) is 78.5 cm³/mol. The maximum absolute atomic E-state index is 6.11. The maximum atomic E-state index is 6.11. The molecule has 1 heterocycles. The van der Waals surface area contributed by atoms with Gasteiger partial charge in [-0.15, -0.1) is 0 Å². The molecule has 0 unspecified atom stereocenters. The molecule has 1 aromatic rings. The predicted octanol–water partition coefficient (Wildman–Crippen LogP) is 4.57. The first kappa shape index (κ1) is 12.2. The van der Waals surface area contributed by atoms with Gasteiger partial charge in [-0.2, -0.15) is 0 Å². The molecule has 0 saturated carbocycles. The summed E-state index contributed by atoms with van der Waals surface area (Å²) in [5.41, 5.74) is 1.36. The number of nitrogens with zero attached hydrogens (tertiary/aromatic N) is 1. The first-order chi connectivity index (χ1) is 7.33. The fourth-order valence-electron chi connectivity index (χ4n) is 2.97. The Morgan fingerprint density at radius 3 is 2.12 bits per heavy atom. The van der Waals surface area contributed by atoms with Crippen molar-refractivity contribution >= 4 is 33.8 Å². The van der Waals surface area contributed by atoms with Gasteiger partial charge in [-0.05, 0) is 30.3 Å². The van der Waals surface area contributed by atoms with Crippen LogP contribution < -0.4 is 4.23 Å². The number of rotatable bonds is 1. The van der Waals surface area contributed by atoms with Crippen LogP contribution in [0, 0.1) is 0 Å². The minimum absolute atomic E-state index is 0.860. The van der Waals surface area contributed by atoms with Gasteiger partial charge in [0.2, 0.25) is 0 Å². The lowest BCUT2D eigenvalue weighted by atomic mass is 10.3. The molecular formula is C12H20ClNSi2. The van der Waals surface area contributed by atoms with E-state index in [4.69, 9.17) is 11.6 Å². The molecule has 1 saturated heterocycles. The van der Waals surface area contributed by atoms with Gasteiger partial charge in [0.15, 0.2) is 0 Å². The van der Waals surface area contributed by atoms with E-state index in [0.717, 1.165) is 5.02 Å². The molecule has 0 aliphatic carbocycles. The fraction of sp³-hybridized carbons (Fsp3) is 0.500. The Balaban J connectivity index is 2.45. The zero-order chi connectivity index (χ0) is 12.0. The lowest BCUT2D eigenvalue weighted by Crippen LogP contribution is -2.55. The number of benzene rings is 1. The van der Waals surface area contributed by atoms with Gasteiger partial charge in [0.1, 0.15) is 16.5 Å². The average Bonchev–Trinajstić information content (AvgIpc) is 2.35. The van der Waals surface area contributed by atoms with E-state index in [-0.39, 0.29) is 0 Å². The highest BCUT2D eigenvalue weighted by molar-refractivity contribution is 7.04. The molecule has 0 N–H and O–H groups in total. The molecule has 1 fully saturated rings. The summed E-state index contributed by atoms with van der Waals surface area (Å²) in [7, 11) is -2.46. The summed E-state index contributed by atoms with van der Waals surface area (Å²) in [6, 6.07) is 11.3. The summed E-state index contributed by atoms with van der Waals surface area (Å²) in [5.74, 6) is 0. The minimum Gasteiger partial charge on any atom is -0.424 e. The van der Waals surface area contributed by atoms with Crippen LogP contribution in [0.25, 0.3) is 0 Å². The molecule has 0 bridgehead atoms. The summed E-state index contributed by atoms with van der Waals surface area (Å²) in [5, 5.41) is 0.860. The van der Waals surface area contributed by atoms with Gasteiger partial charge in [0, 0.05) is 10.7 Å². The Kier molecular flexibility index (Phi) is 2.97. The van der Waals surface area contributed by atoms with Crippen LogP contribution in [0.15, 0.2) is 24.3 Å². The quantitative estimate of drug-likeness (QED) is 0.675. The van der Waals surface area contributed by atoms with E-state index in [1.165, 1.54) is 17.8 Å². The van der Waals surface area contributed by atoms with Crippen LogP contribution in [0.5, 0.6) is 0 Å². The molecule has 0 atom stereocenters. The van der Waals surface area contributed by atoms with Crippen LogP contribution in [0.2, 0.25) is 43.3 Å². The standard InChI is InChI=1S/C12H20ClNSi2/c1-15(2)8-9-16(3,4)14(15)12-7-5-6-11(13)10-12/h5-7,10H,8-9H2,1-4H3. The molecule has 0 spiro atoms.